The molecule has 1 N–H and O–H groups in total. The quantitative estimate of drug-likeness (QED) is 0.616. The van der Waals surface area contributed by atoms with Gasteiger partial charge in [0.05, 0.1) is 7.11 Å². The molecule has 0 radical (unpaired) electrons. The molecule has 3 aromatic rings. The van der Waals surface area contributed by atoms with E-state index in [2.05, 4.69) is 5.32 Å². The maximum Gasteiger partial charge on any atom is 0.329 e. The maximum atomic E-state index is 14.1. The zero-order chi connectivity index (χ0) is 21.7. The summed E-state index contributed by atoms with van der Waals surface area (Å²) in [6.07, 6.45) is 0. The zero-order valence-corrected chi connectivity index (χ0v) is 15.9. The van der Waals surface area contributed by atoms with E-state index in [1.54, 1.807) is 60.7 Å². The number of carbonyl (C=O) groups excluding carboxylic acids is 2. The zero-order valence-electron chi connectivity index (χ0n) is 15.9. The van der Waals surface area contributed by atoms with E-state index in [9.17, 15) is 22.8 Å². The molecule has 0 aromatic heterocycles. The lowest BCUT2D eigenvalue weighted by Crippen LogP contribution is -2.46. The number of amides is 1. The Morgan fingerprint density at radius 1 is 0.833 bits per heavy atom. The number of halogens is 3. The molecule has 0 bridgehead atoms. The number of nitrogens with one attached hydrogen (secondary N) is 1. The van der Waals surface area contributed by atoms with Crippen LogP contribution in [0.2, 0.25) is 0 Å². The van der Waals surface area contributed by atoms with E-state index in [0.29, 0.717) is 23.3 Å². The van der Waals surface area contributed by atoms with Crippen LogP contribution >= 0.6 is 0 Å². The number of hydrogen-bond donors (Lipinski definition) is 1. The molecule has 0 unspecified atom stereocenters. The van der Waals surface area contributed by atoms with Crippen LogP contribution in [0, 0.1) is 17.5 Å². The number of rotatable bonds is 6. The van der Waals surface area contributed by atoms with E-state index in [-0.39, 0.29) is 0 Å². The second kappa shape index (κ2) is 9.26. The summed E-state index contributed by atoms with van der Waals surface area (Å²) < 4.78 is 46.2. The number of carbonyl (C=O) groups is 2. The Balaban J connectivity index is 2.06. The highest BCUT2D eigenvalue weighted by Crippen LogP contribution is 2.29. The van der Waals surface area contributed by atoms with Crippen molar-refractivity contribution >= 4 is 11.9 Å². The Hall–Kier alpha value is -3.61. The van der Waals surface area contributed by atoms with E-state index in [0.717, 1.165) is 7.11 Å². The summed E-state index contributed by atoms with van der Waals surface area (Å²) in [5.41, 5.74) is 0.379. The molecular weight excluding hydrogens is 395 g/mol. The van der Waals surface area contributed by atoms with Crippen LogP contribution in [-0.4, -0.2) is 25.0 Å². The summed E-state index contributed by atoms with van der Waals surface area (Å²) >= 11 is 0. The molecule has 0 aliphatic heterocycles. The Bertz CT molecular complexity index is 980. The normalized spacial score (nSPS) is 11.8. The molecule has 4 nitrogen and oxygen atoms in total. The Labute approximate surface area is 171 Å². The molecule has 3 aromatic carbocycles. The van der Waals surface area contributed by atoms with Crippen LogP contribution in [0.15, 0.2) is 72.8 Å². The second-order valence-corrected chi connectivity index (χ2v) is 6.52. The smallest absolute Gasteiger partial charge is 0.329 e. The molecule has 0 saturated heterocycles. The fraction of sp³-hybridized carbons (Fsp3) is 0.130. The number of methoxy groups -OCH3 is 1. The monoisotopic (exact) mass is 413 g/mol. The summed E-state index contributed by atoms with van der Waals surface area (Å²) in [5.74, 6) is -6.59. The topological polar surface area (TPSA) is 55.4 Å². The molecule has 154 valence electrons. The minimum absolute atomic E-state index is 0.400. The van der Waals surface area contributed by atoms with Crippen LogP contribution in [0.4, 0.5) is 13.2 Å². The van der Waals surface area contributed by atoms with Gasteiger partial charge in [0.2, 0.25) is 0 Å². The first-order valence-corrected chi connectivity index (χ1v) is 9.05. The van der Waals surface area contributed by atoms with Crippen LogP contribution in [0.3, 0.4) is 0 Å². The fourth-order valence-electron chi connectivity index (χ4n) is 3.28. The average molecular weight is 413 g/mol. The van der Waals surface area contributed by atoms with Crippen molar-refractivity contribution in [1.82, 2.24) is 5.32 Å². The molecule has 0 fully saturated rings. The van der Waals surface area contributed by atoms with Crippen molar-refractivity contribution in [2.45, 2.75) is 12.0 Å². The SMILES string of the molecule is COC(=O)[C@H](NC(=O)c1c(F)cc(F)cc1F)C(c1ccccc1)c1ccccc1. The molecule has 1 amide bonds. The number of hydrogen-bond acceptors (Lipinski definition) is 3. The molecule has 0 spiro atoms. The fourth-order valence-corrected chi connectivity index (χ4v) is 3.28. The minimum Gasteiger partial charge on any atom is -0.467 e. The molecule has 0 heterocycles. The molecular formula is C23H18F3NO3. The predicted octanol–water partition coefficient (Wildman–Crippen LogP) is 4.21. The van der Waals surface area contributed by atoms with Gasteiger partial charge in [0.1, 0.15) is 29.1 Å². The highest BCUT2D eigenvalue weighted by molar-refractivity contribution is 5.97. The van der Waals surface area contributed by atoms with E-state index in [1.807, 2.05) is 0 Å². The Kier molecular flexibility index (Phi) is 6.51. The molecule has 7 heteroatoms. The van der Waals surface area contributed by atoms with Crippen LogP contribution in [0.25, 0.3) is 0 Å². The van der Waals surface area contributed by atoms with Gasteiger partial charge in [0, 0.05) is 18.1 Å². The number of esters is 1. The lowest BCUT2D eigenvalue weighted by molar-refractivity contribution is -0.143. The van der Waals surface area contributed by atoms with Gasteiger partial charge in [-0.3, -0.25) is 4.79 Å². The van der Waals surface area contributed by atoms with Crippen molar-refractivity contribution in [3.05, 3.63) is 107 Å². The van der Waals surface area contributed by atoms with Crippen molar-refractivity contribution in [3.63, 3.8) is 0 Å². The first-order valence-electron chi connectivity index (χ1n) is 9.05. The van der Waals surface area contributed by atoms with Gasteiger partial charge in [0.25, 0.3) is 5.91 Å². The molecule has 0 aliphatic carbocycles. The van der Waals surface area contributed by atoms with Crippen molar-refractivity contribution in [3.8, 4) is 0 Å². The molecule has 0 aliphatic rings. The van der Waals surface area contributed by atoms with Crippen LogP contribution < -0.4 is 5.32 Å². The van der Waals surface area contributed by atoms with E-state index < -0.39 is 46.9 Å². The Morgan fingerprint density at radius 3 is 1.73 bits per heavy atom. The standard InChI is InChI=1S/C23H18F3NO3/c1-30-23(29)21(27-22(28)20-17(25)12-16(24)13-18(20)26)19(14-8-4-2-5-9-14)15-10-6-3-7-11-15/h2-13,19,21H,1H3,(H,27,28)/t21-/m1/s1. The number of ether oxygens (including phenoxy) is 1. The second-order valence-electron chi connectivity index (χ2n) is 6.52. The minimum atomic E-state index is -1.37. The summed E-state index contributed by atoms with van der Waals surface area (Å²) in [7, 11) is 1.15. The van der Waals surface area contributed by atoms with E-state index >= 15 is 0 Å². The Morgan fingerprint density at radius 2 is 1.30 bits per heavy atom. The van der Waals surface area contributed by atoms with Crippen LogP contribution in [0.1, 0.15) is 27.4 Å². The lowest BCUT2D eigenvalue weighted by atomic mass is 9.84. The van der Waals surface area contributed by atoms with Crippen molar-refractivity contribution in [2.75, 3.05) is 7.11 Å². The molecule has 0 saturated carbocycles. The summed E-state index contributed by atoms with van der Waals surface area (Å²) in [6, 6.07) is 17.2. The third kappa shape index (κ3) is 4.51. The molecule has 1 atom stereocenters. The van der Waals surface area contributed by atoms with Gasteiger partial charge in [-0.1, -0.05) is 60.7 Å². The average Bonchev–Trinajstić information content (AvgIpc) is 2.73. The highest BCUT2D eigenvalue weighted by atomic mass is 19.1. The summed E-state index contributed by atoms with van der Waals surface area (Å²) in [5, 5.41) is 2.37. The van der Waals surface area contributed by atoms with Gasteiger partial charge >= 0.3 is 5.97 Å². The summed E-state index contributed by atoms with van der Waals surface area (Å²) in [4.78, 5) is 25.3. The highest BCUT2D eigenvalue weighted by Gasteiger charge is 2.34. The van der Waals surface area contributed by atoms with Gasteiger partial charge < -0.3 is 10.1 Å². The van der Waals surface area contributed by atoms with Gasteiger partial charge in [0.15, 0.2) is 0 Å². The molecule has 30 heavy (non-hydrogen) atoms. The van der Waals surface area contributed by atoms with Gasteiger partial charge in [-0.25, -0.2) is 18.0 Å². The van der Waals surface area contributed by atoms with Gasteiger partial charge in [-0.05, 0) is 11.1 Å². The maximum absolute atomic E-state index is 14.1. The third-order valence-corrected chi connectivity index (χ3v) is 4.63. The van der Waals surface area contributed by atoms with Crippen LogP contribution in [0.5, 0.6) is 0 Å². The van der Waals surface area contributed by atoms with Gasteiger partial charge in [-0.15, -0.1) is 0 Å². The van der Waals surface area contributed by atoms with E-state index in [4.69, 9.17) is 4.74 Å². The summed E-state index contributed by atoms with van der Waals surface area (Å²) in [6.45, 7) is 0. The van der Waals surface area contributed by atoms with Crippen molar-refractivity contribution < 1.29 is 27.5 Å². The predicted molar refractivity (Wildman–Crippen MR) is 104 cm³/mol. The van der Waals surface area contributed by atoms with Crippen molar-refractivity contribution in [1.29, 1.82) is 0 Å². The number of benzene rings is 3. The first kappa shape index (κ1) is 21.1. The molecule has 3 rings (SSSR count). The van der Waals surface area contributed by atoms with Crippen LogP contribution in [-0.2, 0) is 9.53 Å². The third-order valence-electron chi connectivity index (χ3n) is 4.63. The van der Waals surface area contributed by atoms with Crippen molar-refractivity contribution in [2.24, 2.45) is 0 Å². The van der Waals surface area contributed by atoms with E-state index in [1.165, 1.54) is 0 Å². The first-order chi connectivity index (χ1) is 14.4. The lowest BCUT2D eigenvalue weighted by Gasteiger charge is -2.27. The van der Waals surface area contributed by atoms with Gasteiger partial charge in [-0.2, -0.15) is 0 Å². The largest absolute Gasteiger partial charge is 0.467 e.